The molecule has 2 rings (SSSR count). The zero-order valence-electron chi connectivity index (χ0n) is 10.5. The predicted molar refractivity (Wildman–Crippen MR) is 75.6 cm³/mol. The normalized spacial score (nSPS) is 10.2. The Labute approximate surface area is 116 Å². The summed E-state index contributed by atoms with van der Waals surface area (Å²) >= 11 is 5.91. The van der Waals surface area contributed by atoms with Gasteiger partial charge in [-0.3, -0.25) is 4.79 Å². The molecule has 0 atom stereocenters. The first-order valence-electron chi connectivity index (χ1n) is 5.93. The third-order valence-electron chi connectivity index (χ3n) is 2.73. The van der Waals surface area contributed by atoms with Gasteiger partial charge in [0.1, 0.15) is 0 Å². The predicted octanol–water partition coefficient (Wildman–Crippen LogP) is 2.08. The Morgan fingerprint density at radius 2 is 2.32 bits per heavy atom. The molecule has 0 saturated carbocycles. The van der Waals surface area contributed by atoms with Crippen molar-refractivity contribution in [3.8, 4) is 0 Å². The van der Waals surface area contributed by atoms with Crippen molar-refractivity contribution < 1.29 is 4.79 Å². The number of imidazole rings is 1. The molecule has 0 fully saturated rings. The van der Waals surface area contributed by atoms with Gasteiger partial charge < -0.3 is 15.6 Å². The zero-order valence-corrected chi connectivity index (χ0v) is 11.3. The van der Waals surface area contributed by atoms with Crippen molar-refractivity contribution >= 4 is 23.2 Å². The molecule has 0 saturated heterocycles. The maximum absolute atomic E-state index is 12.1. The Morgan fingerprint density at radius 1 is 1.47 bits per heavy atom. The van der Waals surface area contributed by atoms with Gasteiger partial charge in [-0.1, -0.05) is 11.6 Å². The Balaban J connectivity index is 1.97. The highest BCUT2D eigenvalue weighted by atomic mass is 35.5. The van der Waals surface area contributed by atoms with E-state index in [2.05, 4.69) is 20.6 Å². The number of aromatic amines is 1. The van der Waals surface area contributed by atoms with Crippen LogP contribution in [0.3, 0.4) is 0 Å². The molecule has 2 aromatic rings. The van der Waals surface area contributed by atoms with Crippen LogP contribution in [0.4, 0.5) is 5.69 Å². The largest absolute Gasteiger partial charge is 0.387 e. The van der Waals surface area contributed by atoms with Crippen LogP contribution in [0.1, 0.15) is 16.1 Å². The molecule has 0 radical (unpaired) electrons. The van der Waals surface area contributed by atoms with Gasteiger partial charge in [-0.15, -0.1) is 0 Å². The molecule has 0 aliphatic carbocycles. The van der Waals surface area contributed by atoms with Crippen molar-refractivity contribution in [2.45, 2.75) is 6.42 Å². The summed E-state index contributed by atoms with van der Waals surface area (Å²) in [6.07, 6.45) is 4.07. The van der Waals surface area contributed by atoms with Crippen LogP contribution in [0.15, 0.2) is 30.7 Å². The summed E-state index contributed by atoms with van der Waals surface area (Å²) in [6.45, 7) is 0.538. The van der Waals surface area contributed by atoms with E-state index in [1.54, 1.807) is 37.8 Å². The number of aromatic nitrogens is 2. The molecular formula is C13H15ClN4O. The molecule has 1 aromatic heterocycles. The number of rotatable bonds is 5. The van der Waals surface area contributed by atoms with Crippen LogP contribution in [0.5, 0.6) is 0 Å². The maximum Gasteiger partial charge on any atom is 0.253 e. The molecular weight excluding hydrogens is 264 g/mol. The van der Waals surface area contributed by atoms with E-state index in [1.807, 2.05) is 0 Å². The highest BCUT2D eigenvalue weighted by Gasteiger charge is 2.10. The molecule has 0 spiro atoms. The number of hydrogen-bond donors (Lipinski definition) is 3. The van der Waals surface area contributed by atoms with Crippen LogP contribution in [0, 0.1) is 0 Å². The minimum absolute atomic E-state index is 0.147. The molecule has 5 nitrogen and oxygen atoms in total. The molecule has 6 heteroatoms. The Morgan fingerprint density at radius 3 is 3.00 bits per heavy atom. The minimum atomic E-state index is -0.147. The van der Waals surface area contributed by atoms with Crippen LogP contribution in [0.25, 0.3) is 0 Å². The summed E-state index contributed by atoms with van der Waals surface area (Å²) in [5.74, 6) is -0.147. The Bertz CT molecular complexity index is 554. The number of amides is 1. The number of anilines is 1. The van der Waals surface area contributed by atoms with Crippen molar-refractivity contribution in [2.75, 3.05) is 18.9 Å². The van der Waals surface area contributed by atoms with Gasteiger partial charge in [-0.05, 0) is 18.2 Å². The standard InChI is InChI=1S/C13H15ClN4O/c1-15-12-3-2-9(14)6-11(12)13(19)17-5-4-10-7-16-8-18-10/h2-3,6-8,15H,4-5H2,1H3,(H,16,18)(H,17,19). The summed E-state index contributed by atoms with van der Waals surface area (Å²) in [5.41, 5.74) is 2.28. The third-order valence-corrected chi connectivity index (χ3v) is 2.97. The Kier molecular flexibility index (Phi) is 4.41. The molecule has 0 bridgehead atoms. The molecule has 0 aliphatic rings. The third kappa shape index (κ3) is 3.48. The molecule has 0 unspecified atom stereocenters. The van der Waals surface area contributed by atoms with Gasteiger partial charge >= 0.3 is 0 Å². The molecule has 3 N–H and O–H groups in total. The Hall–Kier alpha value is -2.01. The van der Waals surface area contributed by atoms with Gasteiger partial charge in [0.2, 0.25) is 0 Å². The number of benzene rings is 1. The van der Waals surface area contributed by atoms with E-state index in [4.69, 9.17) is 11.6 Å². The van der Waals surface area contributed by atoms with Crippen LogP contribution < -0.4 is 10.6 Å². The average Bonchev–Trinajstić information content (AvgIpc) is 2.91. The first-order valence-corrected chi connectivity index (χ1v) is 6.31. The lowest BCUT2D eigenvalue weighted by atomic mass is 10.1. The lowest BCUT2D eigenvalue weighted by Gasteiger charge is -2.10. The highest BCUT2D eigenvalue weighted by molar-refractivity contribution is 6.31. The first kappa shape index (κ1) is 13.4. The van der Waals surface area contributed by atoms with Gasteiger partial charge in [0.15, 0.2) is 0 Å². The first-order chi connectivity index (χ1) is 9.20. The second kappa shape index (κ2) is 6.24. The van der Waals surface area contributed by atoms with Gasteiger partial charge in [-0.2, -0.15) is 0 Å². The van der Waals surface area contributed by atoms with Crippen LogP contribution >= 0.6 is 11.6 Å². The van der Waals surface area contributed by atoms with Crippen molar-refractivity contribution in [3.05, 3.63) is 47.0 Å². The average molecular weight is 279 g/mol. The maximum atomic E-state index is 12.1. The fourth-order valence-electron chi connectivity index (χ4n) is 1.75. The van der Waals surface area contributed by atoms with Crippen molar-refractivity contribution in [3.63, 3.8) is 0 Å². The summed E-state index contributed by atoms with van der Waals surface area (Å²) < 4.78 is 0. The lowest BCUT2D eigenvalue weighted by molar-refractivity contribution is 0.0955. The molecule has 19 heavy (non-hydrogen) atoms. The van der Waals surface area contributed by atoms with Crippen molar-refractivity contribution in [2.24, 2.45) is 0 Å². The van der Waals surface area contributed by atoms with Crippen molar-refractivity contribution in [1.82, 2.24) is 15.3 Å². The highest BCUT2D eigenvalue weighted by Crippen LogP contribution is 2.20. The number of carbonyl (C=O) groups excluding carboxylic acids is 1. The van der Waals surface area contributed by atoms with Gasteiger partial charge in [0.25, 0.3) is 5.91 Å². The molecule has 1 heterocycles. The second-order valence-electron chi connectivity index (χ2n) is 4.02. The summed E-state index contributed by atoms with van der Waals surface area (Å²) in [5, 5.41) is 6.37. The topological polar surface area (TPSA) is 69.8 Å². The van der Waals surface area contributed by atoms with Crippen LogP contribution in [-0.4, -0.2) is 29.5 Å². The van der Waals surface area contributed by atoms with E-state index in [1.165, 1.54) is 0 Å². The quantitative estimate of drug-likeness (QED) is 0.784. The number of halogens is 1. The minimum Gasteiger partial charge on any atom is -0.387 e. The van der Waals surface area contributed by atoms with Crippen LogP contribution in [-0.2, 0) is 6.42 Å². The van der Waals surface area contributed by atoms with E-state index in [0.29, 0.717) is 23.6 Å². The fraction of sp³-hybridized carbons (Fsp3) is 0.231. The summed E-state index contributed by atoms with van der Waals surface area (Å²) in [4.78, 5) is 19.0. The van der Waals surface area contributed by atoms with Gasteiger partial charge in [-0.25, -0.2) is 4.98 Å². The van der Waals surface area contributed by atoms with E-state index in [9.17, 15) is 4.79 Å². The van der Waals surface area contributed by atoms with Gasteiger partial charge in [0.05, 0.1) is 11.9 Å². The fourth-order valence-corrected chi connectivity index (χ4v) is 1.92. The summed E-state index contributed by atoms with van der Waals surface area (Å²) in [6, 6.07) is 5.18. The monoisotopic (exact) mass is 278 g/mol. The number of nitrogens with zero attached hydrogens (tertiary/aromatic N) is 1. The lowest BCUT2D eigenvalue weighted by Crippen LogP contribution is -2.26. The second-order valence-corrected chi connectivity index (χ2v) is 4.46. The molecule has 1 aromatic carbocycles. The smallest absolute Gasteiger partial charge is 0.253 e. The number of hydrogen-bond acceptors (Lipinski definition) is 3. The van der Waals surface area contributed by atoms with E-state index in [-0.39, 0.29) is 5.91 Å². The number of carbonyl (C=O) groups is 1. The van der Waals surface area contributed by atoms with E-state index >= 15 is 0 Å². The molecule has 0 aliphatic heterocycles. The molecule has 1 amide bonds. The van der Waals surface area contributed by atoms with Crippen LogP contribution in [0.2, 0.25) is 5.02 Å². The van der Waals surface area contributed by atoms with E-state index in [0.717, 1.165) is 11.4 Å². The van der Waals surface area contributed by atoms with Gasteiger partial charge in [0, 0.05) is 42.6 Å². The van der Waals surface area contributed by atoms with E-state index < -0.39 is 0 Å². The molecule has 100 valence electrons. The van der Waals surface area contributed by atoms with Crippen molar-refractivity contribution in [1.29, 1.82) is 0 Å². The SMILES string of the molecule is CNc1ccc(Cl)cc1C(=O)NCCc1cnc[nH]1. The zero-order chi connectivity index (χ0) is 13.7. The number of nitrogens with one attached hydrogen (secondary N) is 3. The number of H-pyrrole nitrogens is 1. The summed E-state index contributed by atoms with van der Waals surface area (Å²) in [7, 11) is 1.77.